The second kappa shape index (κ2) is 9.17. The number of rotatable bonds is 6. The number of hydrogen-bond donors (Lipinski definition) is 0. The van der Waals surface area contributed by atoms with Crippen LogP contribution in [0.3, 0.4) is 0 Å². The topological polar surface area (TPSA) is 57.7 Å². The number of aryl methyl sites for hydroxylation is 1. The highest BCUT2D eigenvalue weighted by Gasteiger charge is 2.34. The molecule has 1 aliphatic rings. The van der Waals surface area contributed by atoms with E-state index in [1.807, 2.05) is 62.4 Å². The third-order valence-electron chi connectivity index (χ3n) is 5.72. The van der Waals surface area contributed by atoms with Gasteiger partial charge in [0.2, 0.25) is 15.9 Å². The molecule has 1 amide bonds. The Balaban J connectivity index is 1.67. The van der Waals surface area contributed by atoms with Crippen LogP contribution in [0, 0.1) is 6.92 Å². The first-order valence-electron chi connectivity index (χ1n) is 10.5. The smallest absolute Gasteiger partial charge is 0.243 e. The van der Waals surface area contributed by atoms with Gasteiger partial charge in [-0.2, -0.15) is 4.31 Å². The summed E-state index contributed by atoms with van der Waals surface area (Å²) in [6.45, 7) is 3.86. The highest BCUT2D eigenvalue weighted by molar-refractivity contribution is 9.10. The van der Waals surface area contributed by atoms with Crippen molar-refractivity contribution in [2.75, 3.05) is 11.4 Å². The molecule has 1 unspecified atom stereocenters. The van der Waals surface area contributed by atoms with Crippen molar-refractivity contribution in [1.82, 2.24) is 4.31 Å². The van der Waals surface area contributed by atoms with Gasteiger partial charge in [-0.3, -0.25) is 4.79 Å². The highest BCUT2D eigenvalue weighted by atomic mass is 79.9. The van der Waals surface area contributed by atoms with E-state index in [1.165, 1.54) is 4.31 Å². The fraction of sp³-hybridized carbons (Fsp3) is 0.240. The van der Waals surface area contributed by atoms with Crippen molar-refractivity contribution in [3.63, 3.8) is 0 Å². The van der Waals surface area contributed by atoms with Crippen molar-refractivity contribution in [2.24, 2.45) is 0 Å². The lowest BCUT2D eigenvalue weighted by Crippen LogP contribution is -2.44. The number of amides is 1. The molecule has 7 heteroatoms. The largest absolute Gasteiger partial charge is 0.308 e. The molecule has 0 saturated heterocycles. The molecule has 0 spiro atoms. The number of nitrogens with zero attached hydrogens (tertiary/aromatic N) is 2. The number of carbonyl (C=O) groups excluding carboxylic acids is 1. The van der Waals surface area contributed by atoms with Gasteiger partial charge in [0, 0.05) is 22.7 Å². The predicted octanol–water partition coefficient (Wildman–Crippen LogP) is 4.93. The van der Waals surface area contributed by atoms with Crippen LogP contribution in [0.5, 0.6) is 0 Å². The summed E-state index contributed by atoms with van der Waals surface area (Å²) in [6.07, 6.45) is 0.763. The Bertz CT molecular complexity index is 1220. The average molecular weight is 513 g/mol. The van der Waals surface area contributed by atoms with E-state index in [0.29, 0.717) is 0 Å². The van der Waals surface area contributed by atoms with E-state index in [9.17, 15) is 13.2 Å². The monoisotopic (exact) mass is 512 g/mol. The normalized spacial score (nSPS) is 15.8. The molecular weight excluding hydrogens is 488 g/mol. The molecule has 1 aliphatic heterocycles. The van der Waals surface area contributed by atoms with Crippen LogP contribution in [-0.4, -0.2) is 31.2 Å². The molecule has 0 aliphatic carbocycles. The van der Waals surface area contributed by atoms with E-state index < -0.39 is 10.0 Å². The molecular formula is C25H25BrN2O3S. The SMILES string of the molecule is Cc1ccc(CN(CC(=O)N2c3ccccc3CC2C)S(=O)(=O)c2ccc(Br)cc2)cc1. The molecule has 32 heavy (non-hydrogen) atoms. The van der Waals surface area contributed by atoms with Gasteiger partial charge in [-0.15, -0.1) is 0 Å². The number of benzene rings is 3. The molecule has 3 aromatic carbocycles. The number of para-hydroxylation sites is 1. The number of sulfonamides is 1. The fourth-order valence-electron chi connectivity index (χ4n) is 4.05. The third kappa shape index (κ3) is 4.65. The summed E-state index contributed by atoms with van der Waals surface area (Å²) in [4.78, 5) is 15.3. The number of hydrogen-bond acceptors (Lipinski definition) is 3. The molecule has 166 valence electrons. The maximum Gasteiger partial charge on any atom is 0.243 e. The van der Waals surface area contributed by atoms with Crippen molar-refractivity contribution >= 4 is 37.5 Å². The maximum absolute atomic E-state index is 13.5. The Hall–Kier alpha value is -2.48. The molecule has 0 radical (unpaired) electrons. The molecule has 0 saturated carbocycles. The number of carbonyl (C=O) groups is 1. The summed E-state index contributed by atoms with van der Waals surface area (Å²) in [6, 6.07) is 22.0. The number of halogens is 1. The maximum atomic E-state index is 13.5. The first-order chi connectivity index (χ1) is 15.3. The van der Waals surface area contributed by atoms with Crippen molar-refractivity contribution in [3.8, 4) is 0 Å². The lowest BCUT2D eigenvalue weighted by molar-refractivity contribution is -0.119. The van der Waals surface area contributed by atoms with Crippen LogP contribution < -0.4 is 4.90 Å². The van der Waals surface area contributed by atoms with E-state index in [1.54, 1.807) is 29.2 Å². The Kier molecular flexibility index (Phi) is 6.51. The molecule has 1 heterocycles. The van der Waals surface area contributed by atoms with Crippen LogP contribution in [-0.2, 0) is 27.8 Å². The van der Waals surface area contributed by atoms with Crippen LogP contribution >= 0.6 is 15.9 Å². The minimum Gasteiger partial charge on any atom is -0.308 e. The van der Waals surface area contributed by atoms with Gasteiger partial charge in [-0.05, 0) is 61.7 Å². The van der Waals surface area contributed by atoms with Crippen molar-refractivity contribution in [1.29, 1.82) is 0 Å². The summed E-state index contributed by atoms with van der Waals surface area (Å²) in [5.74, 6) is -0.227. The van der Waals surface area contributed by atoms with Crippen LogP contribution in [0.4, 0.5) is 5.69 Å². The third-order valence-corrected chi connectivity index (χ3v) is 8.05. The van der Waals surface area contributed by atoms with Gasteiger partial charge >= 0.3 is 0 Å². The van der Waals surface area contributed by atoms with Crippen LogP contribution in [0.2, 0.25) is 0 Å². The minimum atomic E-state index is -3.88. The Morgan fingerprint density at radius 3 is 2.38 bits per heavy atom. The highest BCUT2D eigenvalue weighted by Crippen LogP contribution is 2.32. The first kappa shape index (κ1) is 22.7. The lowest BCUT2D eigenvalue weighted by Gasteiger charge is -2.27. The second-order valence-electron chi connectivity index (χ2n) is 8.16. The van der Waals surface area contributed by atoms with Crippen molar-refractivity contribution < 1.29 is 13.2 Å². The van der Waals surface area contributed by atoms with Gasteiger partial charge in [-0.1, -0.05) is 64.0 Å². The number of anilines is 1. The van der Waals surface area contributed by atoms with E-state index in [0.717, 1.165) is 33.3 Å². The van der Waals surface area contributed by atoms with Crippen LogP contribution in [0.25, 0.3) is 0 Å². The molecule has 0 bridgehead atoms. The summed E-state index contributed by atoms with van der Waals surface area (Å²) >= 11 is 3.35. The van der Waals surface area contributed by atoms with Crippen LogP contribution in [0.15, 0.2) is 82.2 Å². The van der Waals surface area contributed by atoms with Gasteiger partial charge in [0.05, 0.1) is 11.4 Å². The second-order valence-corrected chi connectivity index (χ2v) is 11.0. The molecule has 1 atom stereocenters. The molecule has 4 rings (SSSR count). The van der Waals surface area contributed by atoms with Gasteiger partial charge < -0.3 is 4.90 Å². The first-order valence-corrected chi connectivity index (χ1v) is 12.7. The molecule has 5 nitrogen and oxygen atoms in total. The van der Waals surface area contributed by atoms with Gasteiger partial charge in [0.1, 0.15) is 0 Å². The molecule has 0 N–H and O–H groups in total. The fourth-order valence-corrected chi connectivity index (χ4v) is 5.69. The quantitative estimate of drug-likeness (QED) is 0.470. The van der Waals surface area contributed by atoms with Crippen molar-refractivity contribution in [3.05, 3.63) is 94.0 Å². The van der Waals surface area contributed by atoms with Crippen LogP contribution in [0.1, 0.15) is 23.6 Å². The lowest BCUT2D eigenvalue weighted by atomic mass is 10.1. The molecule has 0 fully saturated rings. The Labute approximate surface area is 197 Å². The Morgan fingerprint density at radius 2 is 1.69 bits per heavy atom. The summed E-state index contributed by atoms with van der Waals surface area (Å²) in [5.41, 5.74) is 3.89. The summed E-state index contributed by atoms with van der Waals surface area (Å²) < 4.78 is 29.1. The summed E-state index contributed by atoms with van der Waals surface area (Å²) in [5, 5.41) is 0. The average Bonchev–Trinajstić information content (AvgIpc) is 3.10. The number of fused-ring (bicyclic) bond motifs is 1. The minimum absolute atomic E-state index is 0.0171. The zero-order chi connectivity index (χ0) is 22.9. The predicted molar refractivity (Wildman–Crippen MR) is 130 cm³/mol. The van der Waals surface area contributed by atoms with E-state index >= 15 is 0 Å². The molecule has 0 aromatic heterocycles. The van der Waals surface area contributed by atoms with Crippen molar-refractivity contribution in [2.45, 2.75) is 37.8 Å². The van der Waals surface area contributed by atoms with E-state index in [4.69, 9.17) is 0 Å². The zero-order valence-corrected chi connectivity index (χ0v) is 20.4. The van der Waals surface area contributed by atoms with Gasteiger partial charge in [0.25, 0.3) is 0 Å². The van der Waals surface area contributed by atoms with Gasteiger partial charge in [-0.25, -0.2) is 8.42 Å². The van der Waals surface area contributed by atoms with E-state index in [2.05, 4.69) is 15.9 Å². The van der Waals surface area contributed by atoms with E-state index in [-0.39, 0.29) is 29.9 Å². The Morgan fingerprint density at radius 1 is 1.03 bits per heavy atom. The standard InChI is InChI=1S/C25H25BrN2O3S/c1-18-7-9-20(10-8-18)16-27(32(30,31)23-13-11-22(26)12-14-23)17-25(29)28-19(2)15-21-5-3-4-6-24(21)28/h3-14,19H,15-17H2,1-2H3. The molecule has 3 aromatic rings. The van der Waals surface area contributed by atoms with Gasteiger partial charge in [0.15, 0.2) is 0 Å². The summed E-state index contributed by atoms with van der Waals surface area (Å²) in [7, 11) is -3.88. The zero-order valence-electron chi connectivity index (χ0n) is 18.0.